The molecule has 0 amide bonds. The Balaban J connectivity index is 1.46. The number of nitrogens with zero attached hydrogens (tertiary/aromatic N) is 4. The van der Waals surface area contributed by atoms with Crippen LogP contribution in [0.15, 0.2) is 39.9 Å². The molecular weight excluding hydrogens is 354 g/mol. The zero-order valence-electron chi connectivity index (χ0n) is 16.5. The molecule has 146 valence electrons. The fourth-order valence-electron chi connectivity index (χ4n) is 3.92. The Bertz CT molecular complexity index is 1050. The van der Waals surface area contributed by atoms with Gasteiger partial charge in [0.15, 0.2) is 0 Å². The van der Waals surface area contributed by atoms with Crippen LogP contribution in [0.1, 0.15) is 17.0 Å². The molecule has 4 rings (SSSR count). The van der Waals surface area contributed by atoms with E-state index in [1.165, 1.54) is 5.69 Å². The van der Waals surface area contributed by atoms with Crippen LogP contribution in [-0.2, 0) is 13.6 Å². The van der Waals surface area contributed by atoms with Crippen molar-refractivity contribution in [1.29, 1.82) is 0 Å². The number of hydrogen-bond donors (Lipinski definition) is 1. The molecule has 7 nitrogen and oxygen atoms in total. The lowest BCUT2D eigenvalue weighted by Crippen LogP contribution is -2.51. The molecular formula is C21H25N5O2. The molecule has 0 aliphatic carbocycles. The largest absolute Gasteiger partial charge is 0.376 e. The lowest BCUT2D eigenvalue weighted by atomic mass is 10.1. The van der Waals surface area contributed by atoms with Crippen molar-refractivity contribution in [2.75, 3.05) is 41.3 Å². The summed E-state index contributed by atoms with van der Waals surface area (Å²) in [5.74, 6) is 0. The number of aromatic nitrogens is 2. The van der Waals surface area contributed by atoms with Gasteiger partial charge < -0.3 is 15.1 Å². The van der Waals surface area contributed by atoms with Crippen LogP contribution in [0.2, 0.25) is 0 Å². The zero-order chi connectivity index (χ0) is 19.8. The highest BCUT2D eigenvalue weighted by atomic mass is 16.2. The molecule has 2 heterocycles. The van der Waals surface area contributed by atoms with Gasteiger partial charge >= 0.3 is 0 Å². The molecule has 3 aromatic rings. The van der Waals surface area contributed by atoms with Crippen molar-refractivity contribution < 1.29 is 0 Å². The molecule has 1 aliphatic heterocycles. The molecule has 7 heteroatoms. The number of hydrogen-bond acceptors (Lipinski definition) is 6. The molecule has 1 fully saturated rings. The van der Waals surface area contributed by atoms with Gasteiger partial charge in [-0.2, -0.15) is 5.10 Å². The minimum absolute atomic E-state index is 0.379. The zero-order valence-corrected chi connectivity index (χ0v) is 16.5. The van der Waals surface area contributed by atoms with E-state index in [4.69, 9.17) is 0 Å². The summed E-state index contributed by atoms with van der Waals surface area (Å²) < 4.78 is 1.83. The van der Waals surface area contributed by atoms with Crippen LogP contribution in [0.3, 0.4) is 0 Å². The number of benzene rings is 1. The Morgan fingerprint density at radius 1 is 0.964 bits per heavy atom. The van der Waals surface area contributed by atoms with Crippen LogP contribution in [0.5, 0.6) is 0 Å². The number of anilines is 3. The van der Waals surface area contributed by atoms with Crippen molar-refractivity contribution in [1.82, 2.24) is 9.78 Å². The van der Waals surface area contributed by atoms with Gasteiger partial charge in [0, 0.05) is 56.7 Å². The van der Waals surface area contributed by atoms with Gasteiger partial charge in [0.25, 0.3) is 10.9 Å². The van der Waals surface area contributed by atoms with Gasteiger partial charge in [0.2, 0.25) is 0 Å². The second kappa shape index (κ2) is 7.14. The number of piperazine rings is 1. The van der Waals surface area contributed by atoms with Crippen LogP contribution in [0, 0.1) is 13.8 Å². The van der Waals surface area contributed by atoms with Crippen LogP contribution in [0.25, 0.3) is 0 Å². The maximum atomic E-state index is 12.3. The van der Waals surface area contributed by atoms with E-state index in [9.17, 15) is 9.59 Å². The second-order valence-electron chi connectivity index (χ2n) is 7.32. The monoisotopic (exact) mass is 379 g/mol. The summed E-state index contributed by atoms with van der Waals surface area (Å²) in [5, 5.41) is 7.61. The van der Waals surface area contributed by atoms with Crippen molar-refractivity contribution in [3.8, 4) is 0 Å². The molecule has 0 atom stereocenters. The first-order chi connectivity index (χ1) is 13.5. The Kier molecular flexibility index (Phi) is 4.66. The fourth-order valence-corrected chi connectivity index (χ4v) is 3.92. The summed E-state index contributed by atoms with van der Waals surface area (Å²) in [6.07, 6.45) is 0. The summed E-state index contributed by atoms with van der Waals surface area (Å²) >= 11 is 0. The minimum atomic E-state index is -0.417. The molecule has 1 N–H and O–H groups in total. The first kappa shape index (κ1) is 18.3. The summed E-state index contributed by atoms with van der Waals surface area (Å²) in [6, 6.07) is 10.3. The van der Waals surface area contributed by atoms with Crippen LogP contribution in [-0.4, -0.2) is 36.0 Å². The highest BCUT2D eigenvalue weighted by Crippen LogP contribution is 2.25. The van der Waals surface area contributed by atoms with Crippen molar-refractivity contribution >= 4 is 17.1 Å². The van der Waals surface area contributed by atoms with Gasteiger partial charge in [0.05, 0.1) is 5.69 Å². The minimum Gasteiger partial charge on any atom is -0.376 e. The molecule has 0 spiro atoms. The van der Waals surface area contributed by atoms with Crippen molar-refractivity contribution in [2.45, 2.75) is 20.4 Å². The molecule has 0 bridgehead atoms. The van der Waals surface area contributed by atoms with Gasteiger partial charge in [-0.25, -0.2) is 0 Å². The van der Waals surface area contributed by atoms with E-state index in [0.29, 0.717) is 17.9 Å². The van der Waals surface area contributed by atoms with Crippen LogP contribution >= 0.6 is 0 Å². The average molecular weight is 379 g/mol. The van der Waals surface area contributed by atoms with Gasteiger partial charge in [-0.1, -0.05) is 18.2 Å². The number of rotatable bonds is 5. The summed E-state index contributed by atoms with van der Waals surface area (Å²) in [7, 11) is 1.90. The normalized spacial score (nSPS) is 14.7. The second-order valence-corrected chi connectivity index (χ2v) is 7.32. The third-order valence-corrected chi connectivity index (χ3v) is 5.70. The SMILES string of the molecule is Cc1nn(C)c(C)c1CNc1c(N2CCN(c3ccccc3)CC2)c(=O)c1=O. The lowest BCUT2D eigenvalue weighted by Gasteiger charge is -2.38. The molecule has 1 aromatic heterocycles. The average Bonchev–Trinajstić information content (AvgIpc) is 2.97. The van der Waals surface area contributed by atoms with E-state index < -0.39 is 5.43 Å². The Labute approximate surface area is 163 Å². The predicted octanol–water partition coefficient (Wildman–Crippen LogP) is 1.57. The van der Waals surface area contributed by atoms with Crippen LogP contribution in [0.4, 0.5) is 17.1 Å². The number of aryl methyl sites for hydroxylation is 2. The highest BCUT2D eigenvalue weighted by Gasteiger charge is 2.28. The molecule has 1 saturated heterocycles. The van der Waals surface area contributed by atoms with Crippen molar-refractivity contribution in [2.24, 2.45) is 7.05 Å². The van der Waals surface area contributed by atoms with Gasteiger partial charge in [-0.3, -0.25) is 14.3 Å². The van der Waals surface area contributed by atoms with Gasteiger partial charge in [-0.15, -0.1) is 0 Å². The number of nitrogens with one attached hydrogen (secondary N) is 1. The Hall–Kier alpha value is -3.09. The third kappa shape index (κ3) is 3.06. The van der Waals surface area contributed by atoms with Crippen molar-refractivity contribution in [3.63, 3.8) is 0 Å². The van der Waals surface area contributed by atoms with E-state index in [2.05, 4.69) is 27.4 Å². The molecule has 0 unspecified atom stereocenters. The van der Waals surface area contributed by atoms with E-state index in [-0.39, 0.29) is 5.43 Å². The number of para-hydroxylation sites is 1. The quantitative estimate of drug-likeness (QED) is 0.679. The first-order valence-electron chi connectivity index (χ1n) is 9.58. The van der Waals surface area contributed by atoms with E-state index in [0.717, 1.165) is 43.1 Å². The molecule has 0 radical (unpaired) electrons. The third-order valence-electron chi connectivity index (χ3n) is 5.70. The molecule has 1 aliphatic rings. The predicted molar refractivity (Wildman–Crippen MR) is 112 cm³/mol. The smallest absolute Gasteiger partial charge is 0.253 e. The highest BCUT2D eigenvalue weighted by molar-refractivity contribution is 5.75. The van der Waals surface area contributed by atoms with Crippen molar-refractivity contribution in [3.05, 3.63) is 67.7 Å². The lowest BCUT2D eigenvalue weighted by molar-refractivity contribution is 0.650. The summed E-state index contributed by atoms with van der Waals surface area (Å²) in [6.45, 7) is 7.54. The maximum Gasteiger partial charge on any atom is 0.253 e. The first-order valence-corrected chi connectivity index (χ1v) is 9.58. The molecule has 28 heavy (non-hydrogen) atoms. The summed E-state index contributed by atoms with van der Waals surface area (Å²) in [4.78, 5) is 28.8. The van der Waals surface area contributed by atoms with Gasteiger partial charge in [-0.05, 0) is 26.0 Å². The Morgan fingerprint density at radius 2 is 1.61 bits per heavy atom. The Morgan fingerprint density at radius 3 is 2.21 bits per heavy atom. The fraction of sp³-hybridized carbons (Fsp3) is 0.381. The maximum absolute atomic E-state index is 12.3. The van der Waals surface area contributed by atoms with Gasteiger partial charge in [0.1, 0.15) is 11.4 Å². The standard InChI is InChI=1S/C21H25N5O2/c1-14-17(15(2)24(3)23-14)13-22-18-19(21(28)20(18)27)26-11-9-25(10-12-26)16-7-5-4-6-8-16/h4-8,22H,9-13H2,1-3H3. The molecule has 0 saturated carbocycles. The van der Waals surface area contributed by atoms with E-state index in [1.54, 1.807) is 0 Å². The topological polar surface area (TPSA) is 70.5 Å². The van der Waals surface area contributed by atoms with E-state index >= 15 is 0 Å². The van der Waals surface area contributed by atoms with E-state index in [1.807, 2.05) is 48.7 Å². The molecule has 2 aromatic carbocycles. The summed E-state index contributed by atoms with van der Waals surface area (Å²) in [5.41, 5.74) is 4.43. The van der Waals surface area contributed by atoms with Crippen LogP contribution < -0.4 is 26.0 Å².